The van der Waals surface area contributed by atoms with E-state index in [4.69, 9.17) is 5.84 Å². The molecule has 0 radical (unpaired) electrons. The maximum atomic E-state index is 12.2. The summed E-state index contributed by atoms with van der Waals surface area (Å²) in [6.07, 6.45) is 7.70. The summed E-state index contributed by atoms with van der Waals surface area (Å²) in [4.78, 5) is 3.98. The zero-order chi connectivity index (χ0) is 15.7. The van der Waals surface area contributed by atoms with Crippen LogP contribution in [0.2, 0.25) is 0 Å². The minimum absolute atomic E-state index is 0.0433. The van der Waals surface area contributed by atoms with E-state index >= 15 is 0 Å². The lowest BCUT2D eigenvalue weighted by molar-refractivity contribution is 0.573. The van der Waals surface area contributed by atoms with Gasteiger partial charge in [0, 0.05) is 17.2 Å². The Bertz CT molecular complexity index is 540. The quantitative estimate of drug-likeness (QED) is 0.319. The second-order valence-corrected chi connectivity index (χ2v) is 8.09. The third-order valence-corrected chi connectivity index (χ3v) is 5.42. The van der Waals surface area contributed by atoms with Crippen LogP contribution in [-0.2, 0) is 10.0 Å². The molecule has 21 heavy (non-hydrogen) atoms. The summed E-state index contributed by atoms with van der Waals surface area (Å²) in [7, 11) is -3.61. The molecule has 0 aliphatic rings. The largest absolute Gasteiger partial charge is 0.307 e. The molecule has 0 amide bonds. The van der Waals surface area contributed by atoms with Crippen LogP contribution in [0.5, 0.6) is 0 Å². The Labute approximate surface area is 138 Å². The predicted molar refractivity (Wildman–Crippen MR) is 91.8 cm³/mol. The van der Waals surface area contributed by atoms with Gasteiger partial charge in [0.05, 0.1) is 0 Å². The van der Waals surface area contributed by atoms with E-state index < -0.39 is 10.0 Å². The highest BCUT2D eigenvalue weighted by Gasteiger charge is 2.19. The molecular formula is C12H21BrN4O2S2. The van der Waals surface area contributed by atoms with E-state index in [1.807, 2.05) is 11.8 Å². The van der Waals surface area contributed by atoms with Crippen LogP contribution in [0.1, 0.15) is 25.7 Å². The maximum absolute atomic E-state index is 12.2. The number of thioether (sulfide) groups is 1. The molecule has 9 heteroatoms. The number of hydrazine groups is 1. The molecule has 1 aromatic heterocycles. The fourth-order valence-electron chi connectivity index (χ4n) is 1.74. The monoisotopic (exact) mass is 396 g/mol. The minimum atomic E-state index is -3.61. The third-order valence-electron chi connectivity index (χ3n) is 2.81. The van der Waals surface area contributed by atoms with E-state index in [0.717, 1.165) is 25.0 Å². The first-order valence-corrected chi connectivity index (χ1v) is 10.3. The van der Waals surface area contributed by atoms with Gasteiger partial charge < -0.3 is 5.43 Å². The minimum Gasteiger partial charge on any atom is -0.307 e. The van der Waals surface area contributed by atoms with Crippen LogP contribution in [0, 0.1) is 0 Å². The van der Waals surface area contributed by atoms with Gasteiger partial charge in [-0.1, -0.05) is 12.8 Å². The number of rotatable bonds is 10. The lowest BCUT2D eigenvalue weighted by Crippen LogP contribution is -2.26. The van der Waals surface area contributed by atoms with Crippen LogP contribution < -0.4 is 16.0 Å². The number of nitrogens with zero attached hydrogens (tertiary/aromatic N) is 1. The van der Waals surface area contributed by atoms with E-state index in [1.54, 1.807) is 0 Å². The van der Waals surface area contributed by atoms with Gasteiger partial charge in [0.1, 0.15) is 4.90 Å². The molecular weight excluding hydrogens is 376 g/mol. The van der Waals surface area contributed by atoms with Gasteiger partial charge in [-0.15, -0.1) is 0 Å². The SMILES string of the molecule is CSCCCCCCNS(=O)(=O)c1cc(Br)cnc1NN. The Hall–Kier alpha value is -0.350. The van der Waals surface area contributed by atoms with Gasteiger partial charge in [-0.25, -0.2) is 24.0 Å². The van der Waals surface area contributed by atoms with Crippen molar-refractivity contribution in [2.75, 3.05) is 24.0 Å². The van der Waals surface area contributed by atoms with Crippen molar-refractivity contribution in [1.29, 1.82) is 0 Å². The lowest BCUT2D eigenvalue weighted by atomic mass is 10.2. The van der Waals surface area contributed by atoms with Crippen molar-refractivity contribution in [3.63, 3.8) is 0 Å². The molecule has 120 valence electrons. The van der Waals surface area contributed by atoms with Gasteiger partial charge in [0.25, 0.3) is 0 Å². The first kappa shape index (κ1) is 18.7. The summed E-state index contributed by atoms with van der Waals surface area (Å²) in [5, 5.41) is 0. The number of pyridine rings is 1. The molecule has 0 aliphatic heterocycles. The number of nitrogens with two attached hydrogens (primary N) is 1. The molecule has 0 aliphatic carbocycles. The Balaban J connectivity index is 2.52. The van der Waals surface area contributed by atoms with Crippen molar-refractivity contribution in [3.8, 4) is 0 Å². The van der Waals surface area contributed by atoms with Gasteiger partial charge in [0.2, 0.25) is 10.0 Å². The van der Waals surface area contributed by atoms with Crippen molar-refractivity contribution in [2.24, 2.45) is 5.84 Å². The predicted octanol–water partition coefficient (Wildman–Crippen LogP) is 2.33. The zero-order valence-corrected chi connectivity index (χ0v) is 15.2. The molecule has 0 aromatic carbocycles. The van der Waals surface area contributed by atoms with Gasteiger partial charge in [-0.3, -0.25) is 0 Å². The molecule has 6 nitrogen and oxygen atoms in total. The smallest absolute Gasteiger partial charge is 0.244 e. The van der Waals surface area contributed by atoms with Crippen LogP contribution >= 0.6 is 27.7 Å². The van der Waals surface area contributed by atoms with E-state index in [2.05, 4.69) is 37.3 Å². The average Bonchev–Trinajstić information content (AvgIpc) is 2.46. The maximum Gasteiger partial charge on any atom is 0.244 e. The fourth-order valence-corrected chi connectivity index (χ4v) is 3.94. The Morgan fingerprint density at radius 1 is 1.33 bits per heavy atom. The normalized spacial score (nSPS) is 11.6. The number of sulfonamides is 1. The van der Waals surface area contributed by atoms with Crippen LogP contribution in [0.3, 0.4) is 0 Å². The number of hydrogen-bond donors (Lipinski definition) is 3. The molecule has 0 fully saturated rings. The molecule has 0 spiro atoms. The van der Waals surface area contributed by atoms with Gasteiger partial charge in [0.15, 0.2) is 5.82 Å². The van der Waals surface area contributed by atoms with Gasteiger partial charge in [-0.05, 0) is 46.8 Å². The Kier molecular flexibility index (Phi) is 8.57. The topological polar surface area (TPSA) is 97.1 Å². The van der Waals surface area contributed by atoms with Crippen LogP contribution in [0.15, 0.2) is 21.6 Å². The summed E-state index contributed by atoms with van der Waals surface area (Å²) in [6, 6.07) is 1.48. The number of halogens is 1. The van der Waals surface area contributed by atoms with Crippen molar-refractivity contribution >= 4 is 43.5 Å². The zero-order valence-electron chi connectivity index (χ0n) is 11.9. The van der Waals surface area contributed by atoms with Gasteiger partial charge >= 0.3 is 0 Å². The summed E-state index contributed by atoms with van der Waals surface area (Å²) >= 11 is 5.04. The molecule has 0 saturated heterocycles. The first-order chi connectivity index (χ1) is 10.0. The Morgan fingerprint density at radius 2 is 2.05 bits per heavy atom. The molecule has 0 saturated carbocycles. The van der Waals surface area contributed by atoms with Crippen LogP contribution in [0.25, 0.3) is 0 Å². The standard InChI is InChI=1S/C12H21BrN4O2S2/c1-20-7-5-3-2-4-6-16-21(18,19)11-8-10(13)9-15-12(11)17-14/h8-9,16H,2-7,14H2,1H3,(H,15,17). The number of nitrogens with one attached hydrogen (secondary N) is 2. The number of aromatic nitrogens is 1. The highest BCUT2D eigenvalue weighted by Crippen LogP contribution is 2.21. The Morgan fingerprint density at radius 3 is 2.71 bits per heavy atom. The molecule has 1 aromatic rings. The van der Waals surface area contributed by atoms with Crippen molar-refractivity contribution in [1.82, 2.24) is 9.71 Å². The van der Waals surface area contributed by atoms with E-state index in [-0.39, 0.29) is 10.7 Å². The summed E-state index contributed by atoms with van der Waals surface area (Å²) < 4.78 is 27.6. The summed E-state index contributed by atoms with van der Waals surface area (Å²) in [6.45, 7) is 0.415. The van der Waals surface area contributed by atoms with Crippen molar-refractivity contribution < 1.29 is 8.42 Å². The van der Waals surface area contributed by atoms with E-state index in [9.17, 15) is 8.42 Å². The molecule has 4 N–H and O–H groups in total. The molecule has 0 atom stereocenters. The van der Waals surface area contributed by atoms with Crippen molar-refractivity contribution in [3.05, 3.63) is 16.7 Å². The van der Waals surface area contributed by atoms with E-state index in [0.29, 0.717) is 11.0 Å². The first-order valence-electron chi connectivity index (χ1n) is 6.62. The number of anilines is 1. The average molecular weight is 397 g/mol. The highest BCUT2D eigenvalue weighted by atomic mass is 79.9. The lowest BCUT2D eigenvalue weighted by Gasteiger charge is -2.10. The molecule has 1 heterocycles. The number of unbranched alkanes of at least 4 members (excludes halogenated alkanes) is 3. The number of nitrogen functional groups attached to an aromatic ring is 1. The number of hydrogen-bond acceptors (Lipinski definition) is 6. The second kappa shape index (κ2) is 9.62. The molecule has 0 bridgehead atoms. The second-order valence-electron chi connectivity index (χ2n) is 4.45. The molecule has 0 unspecified atom stereocenters. The van der Waals surface area contributed by atoms with Crippen LogP contribution in [0.4, 0.5) is 5.82 Å². The summed E-state index contributed by atoms with van der Waals surface area (Å²) in [5.74, 6) is 6.58. The van der Waals surface area contributed by atoms with Crippen molar-refractivity contribution in [2.45, 2.75) is 30.6 Å². The van der Waals surface area contributed by atoms with Crippen LogP contribution in [-0.4, -0.2) is 32.0 Å². The molecule has 1 rings (SSSR count). The van der Waals surface area contributed by atoms with Gasteiger partial charge in [-0.2, -0.15) is 11.8 Å². The summed E-state index contributed by atoms with van der Waals surface area (Å²) in [5.41, 5.74) is 2.30. The highest BCUT2D eigenvalue weighted by molar-refractivity contribution is 9.10. The van der Waals surface area contributed by atoms with E-state index in [1.165, 1.54) is 18.7 Å². The third kappa shape index (κ3) is 6.52. The fraction of sp³-hybridized carbons (Fsp3) is 0.583.